The van der Waals surface area contributed by atoms with Gasteiger partial charge in [0.25, 0.3) is 15.9 Å². The molecule has 0 aliphatic rings. The second-order valence-electron chi connectivity index (χ2n) is 8.57. The summed E-state index contributed by atoms with van der Waals surface area (Å²) in [5.41, 5.74) is 6.73. The lowest BCUT2D eigenvalue weighted by Gasteiger charge is -2.24. The number of hydrogen-bond donors (Lipinski definition) is 1. The second-order valence-corrected chi connectivity index (χ2v) is 10.4. The average molecular weight is 519 g/mol. The monoisotopic (exact) mass is 518 g/mol. The van der Waals surface area contributed by atoms with Gasteiger partial charge in [0.1, 0.15) is 12.4 Å². The van der Waals surface area contributed by atoms with Crippen molar-refractivity contribution in [3.05, 3.63) is 113 Å². The van der Waals surface area contributed by atoms with Gasteiger partial charge in [-0.25, -0.2) is 18.2 Å². The highest BCUT2D eigenvalue weighted by molar-refractivity contribution is 7.92. The zero-order valence-electron chi connectivity index (χ0n) is 20.7. The van der Waals surface area contributed by atoms with Gasteiger partial charge in [0, 0.05) is 22.6 Å². The molecule has 0 fully saturated rings. The van der Waals surface area contributed by atoms with Crippen molar-refractivity contribution < 1.29 is 17.6 Å². The number of aromatic nitrogens is 1. The summed E-state index contributed by atoms with van der Waals surface area (Å²) >= 11 is 0. The molecule has 0 saturated heterocycles. The van der Waals surface area contributed by atoms with Crippen molar-refractivity contribution in [1.29, 1.82) is 0 Å². The largest absolute Gasteiger partial charge is 0.318 e. The number of carbonyl (C=O) groups is 1. The van der Waals surface area contributed by atoms with E-state index in [1.807, 2.05) is 57.2 Å². The first-order valence-corrected chi connectivity index (χ1v) is 13.0. The molecule has 1 amide bonds. The van der Waals surface area contributed by atoms with Crippen LogP contribution in [0.4, 0.5) is 10.1 Å². The Morgan fingerprint density at radius 2 is 1.62 bits per heavy atom. The third kappa shape index (κ3) is 5.62. The van der Waals surface area contributed by atoms with Crippen LogP contribution in [-0.4, -0.2) is 31.7 Å². The maximum Gasteiger partial charge on any atom is 0.264 e. The standard InChI is InChI=1S/C28H27FN4O3S/c1-20-13-15-25(16-14-20)37(35,36)32(27-12-8-7-11-26(27)29)19-28(34)31-30-18-23-17-21(2)33(22(23)3)24-9-5-4-6-10-24/h4-18H,19H2,1-3H3,(H,31,34)/b30-18-. The molecule has 0 aliphatic heterocycles. The molecular weight excluding hydrogens is 491 g/mol. The first kappa shape index (κ1) is 25.8. The Morgan fingerprint density at radius 3 is 2.30 bits per heavy atom. The normalized spacial score (nSPS) is 11.6. The lowest BCUT2D eigenvalue weighted by molar-refractivity contribution is -0.119. The molecule has 1 heterocycles. The summed E-state index contributed by atoms with van der Waals surface area (Å²) in [5, 5.41) is 4.03. The first-order chi connectivity index (χ1) is 17.7. The van der Waals surface area contributed by atoms with Gasteiger partial charge in [-0.2, -0.15) is 5.10 Å². The van der Waals surface area contributed by atoms with Gasteiger partial charge in [0.15, 0.2) is 0 Å². The Kier molecular flexibility index (Phi) is 7.54. The van der Waals surface area contributed by atoms with Crippen molar-refractivity contribution in [2.24, 2.45) is 5.10 Å². The second kappa shape index (κ2) is 10.8. The molecule has 0 saturated carbocycles. The van der Waals surface area contributed by atoms with Gasteiger partial charge < -0.3 is 4.57 Å². The number of benzene rings is 3. The van der Waals surface area contributed by atoms with E-state index in [0.717, 1.165) is 38.6 Å². The minimum absolute atomic E-state index is 0.0500. The predicted molar refractivity (Wildman–Crippen MR) is 143 cm³/mol. The number of nitrogens with one attached hydrogen (secondary N) is 1. The summed E-state index contributed by atoms with van der Waals surface area (Å²) in [5.74, 6) is -1.48. The number of hydrogen-bond acceptors (Lipinski definition) is 4. The van der Waals surface area contributed by atoms with Crippen LogP contribution < -0.4 is 9.73 Å². The van der Waals surface area contributed by atoms with Crippen LogP contribution in [0.3, 0.4) is 0 Å². The van der Waals surface area contributed by atoms with Gasteiger partial charge in [-0.3, -0.25) is 9.10 Å². The summed E-state index contributed by atoms with van der Waals surface area (Å²) in [6.45, 7) is 5.08. The van der Waals surface area contributed by atoms with Gasteiger partial charge in [-0.05, 0) is 63.2 Å². The smallest absolute Gasteiger partial charge is 0.264 e. The van der Waals surface area contributed by atoms with E-state index in [4.69, 9.17) is 0 Å². The molecule has 1 N–H and O–H groups in total. The Bertz CT molecular complexity index is 1550. The van der Waals surface area contributed by atoms with Gasteiger partial charge >= 0.3 is 0 Å². The van der Waals surface area contributed by atoms with Crippen molar-refractivity contribution in [3.8, 4) is 5.69 Å². The van der Waals surface area contributed by atoms with Crippen LogP contribution in [0.2, 0.25) is 0 Å². The Hall–Kier alpha value is -4.24. The molecule has 0 radical (unpaired) electrons. The summed E-state index contributed by atoms with van der Waals surface area (Å²) in [4.78, 5) is 12.7. The van der Waals surface area contributed by atoms with E-state index in [9.17, 15) is 17.6 Å². The van der Waals surface area contributed by atoms with Crippen LogP contribution in [0, 0.1) is 26.6 Å². The number of halogens is 1. The summed E-state index contributed by atoms with van der Waals surface area (Å²) in [6.07, 6.45) is 1.50. The topological polar surface area (TPSA) is 83.8 Å². The molecule has 0 aliphatic carbocycles. The third-order valence-corrected chi connectivity index (χ3v) is 7.67. The fourth-order valence-electron chi connectivity index (χ4n) is 4.02. The molecule has 7 nitrogen and oxygen atoms in total. The number of para-hydroxylation sites is 2. The number of aryl methyl sites for hydroxylation is 2. The number of amides is 1. The Labute approximate surface area is 215 Å². The lowest BCUT2D eigenvalue weighted by Crippen LogP contribution is -2.40. The van der Waals surface area contributed by atoms with E-state index in [2.05, 4.69) is 15.1 Å². The number of hydrazone groups is 1. The van der Waals surface area contributed by atoms with E-state index >= 15 is 0 Å². The van der Waals surface area contributed by atoms with Crippen molar-refractivity contribution in [2.75, 3.05) is 10.8 Å². The minimum Gasteiger partial charge on any atom is -0.318 e. The zero-order valence-corrected chi connectivity index (χ0v) is 21.5. The van der Waals surface area contributed by atoms with E-state index in [1.165, 1.54) is 36.5 Å². The molecule has 190 valence electrons. The summed E-state index contributed by atoms with van der Waals surface area (Å²) in [7, 11) is -4.23. The van der Waals surface area contributed by atoms with Crippen molar-refractivity contribution >= 4 is 27.8 Å². The van der Waals surface area contributed by atoms with Crippen LogP contribution in [0.5, 0.6) is 0 Å². The fourth-order valence-corrected chi connectivity index (χ4v) is 5.45. The highest BCUT2D eigenvalue weighted by atomic mass is 32.2. The molecule has 4 rings (SSSR count). The number of rotatable bonds is 8. The summed E-state index contributed by atoms with van der Waals surface area (Å²) in [6, 6.07) is 23.3. The molecule has 9 heteroatoms. The minimum atomic E-state index is -4.23. The SMILES string of the molecule is Cc1ccc(S(=O)(=O)N(CC(=O)N/N=C\c2cc(C)n(-c3ccccc3)c2C)c2ccccc2F)cc1. The lowest BCUT2D eigenvalue weighted by atomic mass is 10.2. The van der Waals surface area contributed by atoms with Gasteiger partial charge in [-0.1, -0.05) is 48.0 Å². The van der Waals surface area contributed by atoms with Gasteiger partial charge in [0.05, 0.1) is 16.8 Å². The molecular formula is C28H27FN4O3S. The molecule has 37 heavy (non-hydrogen) atoms. The third-order valence-electron chi connectivity index (χ3n) is 5.89. The zero-order chi connectivity index (χ0) is 26.6. The van der Waals surface area contributed by atoms with Gasteiger partial charge in [0.2, 0.25) is 0 Å². The highest BCUT2D eigenvalue weighted by Gasteiger charge is 2.29. The van der Waals surface area contributed by atoms with Crippen molar-refractivity contribution in [2.45, 2.75) is 25.7 Å². The Balaban J connectivity index is 1.56. The number of anilines is 1. The van der Waals surface area contributed by atoms with E-state index in [-0.39, 0.29) is 10.6 Å². The molecule has 0 atom stereocenters. The van der Waals surface area contributed by atoms with Crippen LogP contribution in [0.15, 0.2) is 94.9 Å². The van der Waals surface area contributed by atoms with E-state index in [1.54, 1.807) is 12.1 Å². The molecule has 0 bridgehead atoms. The van der Waals surface area contributed by atoms with Crippen molar-refractivity contribution in [1.82, 2.24) is 9.99 Å². The number of carbonyl (C=O) groups excluding carboxylic acids is 1. The Morgan fingerprint density at radius 1 is 0.973 bits per heavy atom. The quantitative estimate of drug-likeness (QED) is 0.266. The maximum absolute atomic E-state index is 14.6. The van der Waals surface area contributed by atoms with Crippen LogP contribution in [-0.2, 0) is 14.8 Å². The first-order valence-electron chi connectivity index (χ1n) is 11.6. The fraction of sp³-hybridized carbons (Fsp3) is 0.143. The predicted octanol–water partition coefficient (Wildman–Crippen LogP) is 4.89. The molecule has 4 aromatic rings. The number of nitrogens with zero attached hydrogens (tertiary/aromatic N) is 3. The highest BCUT2D eigenvalue weighted by Crippen LogP contribution is 2.26. The van der Waals surface area contributed by atoms with E-state index < -0.39 is 28.3 Å². The average Bonchev–Trinajstić information content (AvgIpc) is 3.16. The molecule has 0 unspecified atom stereocenters. The van der Waals surface area contributed by atoms with Gasteiger partial charge in [-0.15, -0.1) is 0 Å². The molecule has 1 aromatic heterocycles. The maximum atomic E-state index is 14.6. The molecule has 3 aromatic carbocycles. The van der Waals surface area contributed by atoms with Crippen molar-refractivity contribution in [3.63, 3.8) is 0 Å². The van der Waals surface area contributed by atoms with Crippen LogP contribution in [0.25, 0.3) is 5.69 Å². The molecule has 0 spiro atoms. The summed E-state index contributed by atoms with van der Waals surface area (Å²) < 4.78 is 44.2. The van der Waals surface area contributed by atoms with Crippen LogP contribution >= 0.6 is 0 Å². The van der Waals surface area contributed by atoms with Crippen LogP contribution in [0.1, 0.15) is 22.5 Å². The van der Waals surface area contributed by atoms with E-state index in [0.29, 0.717) is 0 Å². The number of sulfonamides is 1.